The van der Waals surface area contributed by atoms with Crippen LogP contribution < -0.4 is 14.8 Å². The van der Waals surface area contributed by atoms with E-state index in [1.54, 1.807) is 18.2 Å². The molecule has 0 spiro atoms. The van der Waals surface area contributed by atoms with Crippen LogP contribution >= 0.6 is 0 Å². The number of benzene rings is 3. The molecule has 0 saturated heterocycles. The number of ether oxygens (including phenoxy) is 2. The molecule has 0 unspecified atom stereocenters. The van der Waals surface area contributed by atoms with Crippen molar-refractivity contribution in [3.63, 3.8) is 0 Å². The van der Waals surface area contributed by atoms with Gasteiger partial charge in [-0.2, -0.15) is 0 Å². The number of carbonyl (C=O) groups excluding carboxylic acids is 1. The Balaban J connectivity index is 1.59. The van der Waals surface area contributed by atoms with E-state index in [2.05, 4.69) is 23.5 Å². The van der Waals surface area contributed by atoms with Gasteiger partial charge in [0.25, 0.3) is 5.91 Å². The number of nitrogens with one attached hydrogen (secondary N) is 1. The molecule has 0 aliphatic carbocycles. The second-order valence-electron chi connectivity index (χ2n) is 5.83. The minimum absolute atomic E-state index is 0.103. The molecule has 0 aromatic heterocycles. The lowest BCUT2D eigenvalue weighted by Crippen LogP contribution is -2.26. The standard InChI is InChI=1S/C20H17NO3/c1-13(16-8-4-6-14-5-2-3-7-17(14)16)21-20(22)15-9-10-18-19(11-15)24-12-23-18/h2-11,13H,12H2,1H3,(H,21,22)/t13-/m1/s1. The summed E-state index contributed by atoms with van der Waals surface area (Å²) in [7, 11) is 0. The first-order chi connectivity index (χ1) is 11.7. The highest BCUT2D eigenvalue weighted by atomic mass is 16.7. The Hall–Kier alpha value is -3.01. The average molecular weight is 319 g/mol. The largest absolute Gasteiger partial charge is 0.454 e. The molecule has 0 radical (unpaired) electrons. The maximum absolute atomic E-state index is 12.6. The van der Waals surface area contributed by atoms with Crippen LogP contribution in [0.15, 0.2) is 60.7 Å². The van der Waals surface area contributed by atoms with E-state index >= 15 is 0 Å². The van der Waals surface area contributed by atoms with Crippen molar-refractivity contribution in [1.82, 2.24) is 5.32 Å². The topological polar surface area (TPSA) is 47.6 Å². The zero-order valence-electron chi connectivity index (χ0n) is 13.3. The van der Waals surface area contributed by atoms with Gasteiger partial charge in [0, 0.05) is 5.56 Å². The number of carbonyl (C=O) groups is 1. The molecule has 1 aliphatic heterocycles. The molecular formula is C20H17NO3. The molecule has 3 aromatic carbocycles. The van der Waals surface area contributed by atoms with Crippen LogP contribution in [0.3, 0.4) is 0 Å². The summed E-state index contributed by atoms with van der Waals surface area (Å²) in [6.07, 6.45) is 0. The molecule has 4 rings (SSSR count). The van der Waals surface area contributed by atoms with Crippen molar-refractivity contribution >= 4 is 16.7 Å². The van der Waals surface area contributed by atoms with Gasteiger partial charge >= 0.3 is 0 Å². The number of hydrogen-bond donors (Lipinski definition) is 1. The van der Waals surface area contributed by atoms with Gasteiger partial charge in [-0.15, -0.1) is 0 Å². The van der Waals surface area contributed by atoms with Crippen molar-refractivity contribution in [2.45, 2.75) is 13.0 Å². The van der Waals surface area contributed by atoms with Gasteiger partial charge in [0.2, 0.25) is 6.79 Å². The fourth-order valence-corrected chi connectivity index (χ4v) is 3.02. The predicted molar refractivity (Wildman–Crippen MR) is 92.4 cm³/mol. The Bertz CT molecular complexity index is 914. The predicted octanol–water partition coefficient (Wildman–Crippen LogP) is 4.06. The summed E-state index contributed by atoms with van der Waals surface area (Å²) in [5.74, 6) is 1.16. The highest BCUT2D eigenvalue weighted by molar-refractivity contribution is 5.95. The molecule has 4 nitrogen and oxygen atoms in total. The number of amides is 1. The normalized spacial score (nSPS) is 13.7. The van der Waals surface area contributed by atoms with Crippen LogP contribution in [0.4, 0.5) is 0 Å². The summed E-state index contributed by atoms with van der Waals surface area (Å²) in [6, 6.07) is 19.4. The molecule has 1 N–H and O–H groups in total. The molecular weight excluding hydrogens is 302 g/mol. The summed E-state index contributed by atoms with van der Waals surface area (Å²) in [4.78, 5) is 12.6. The van der Waals surface area contributed by atoms with Crippen molar-refractivity contribution in [3.05, 3.63) is 71.8 Å². The Kier molecular flexibility index (Phi) is 3.58. The quantitative estimate of drug-likeness (QED) is 0.792. The fourth-order valence-electron chi connectivity index (χ4n) is 3.02. The Morgan fingerprint density at radius 1 is 1.00 bits per heavy atom. The molecule has 1 aliphatic rings. The first-order valence-electron chi connectivity index (χ1n) is 7.90. The van der Waals surface area contributed by atoms with Crippen molar-refractivity contribution in [1.29, 1.82) is 0 Å². The summed E-state index contributed by atoms with van der Waals surface area (Å²) in [6.45, 7) is 2.19. The number of rotatable bonds is 3. The summed E-state index contributed by atoms with van der Waals surface area (Å²) < 4.78 is 10.6. The highest BCUT2D eigenvalue weighted by Gasteiger charge is 2.18. The van der Waals surface area contributed by atoms with Crippen LogP contribution in [0.2, 0.25) is 0 Å². The molecule has 1 heterocycles. The van der Waals surface area contributed by atoms with Crippen molar-refractivity contribution in [2.24, 2.45) is 0 Å². The first kappa shape index (κ1) is 14.6. The minimum Gasteiger partial charge on any atom is -0.454 e. The Morgan fingerprint density at radius 2 is 1.79 bits per heavy atom. The average Bonchev–Trinajstić information content (AvgIpc) is 3.08. The van der Waals surface area contributed by atoms with Crippen LogP contribution in [0.1, 0.15) is 28.9 Å². The Morgan fingerprint density at radius 3 is 2.71 bits per heavy atom. The summed E-state index contributed by atoms with van der Waals surface area (Å²) in [5, 5.41) is 5.38. The molecule has 1 amide bonds. The van der Waals surface area contributed by atoms with Crippen LogP contribution in [0.25, 0.3) is 10.8 Å². The highest BCUT2D eigenvalue weighted by Crippen LogP contribution is 2.32. The van der Waals surface area contributed by atoms with Crippen LogP contribution in [0.5, 0.6) is 11.5 Å². The van der Waals surface area contributed by atoms with Crippen LogP contribution in [-0.4, -0.2) is 12.7 Å². The fraction of sp³-hybridized carbons (Fsp3) is 0.150. The van der Waals surface area contributed by atoms with Crippen molar-refractivity contribution in [3.8, 4) is 11.5 Å². The second-order valence-corrected chi connectivity index (χ2v) is 5.83. The van der Waals surface area contributed by atoms with Gasteiger partial charge in [-0.25, -0.2) is 0 Å². The lowest BCUT2D eigenvalue weighted by atomic mass is 9.99. The van der Waals surface area contributed by atoms with E-state index in [-0.39, 0.29) is 18.7 Å². The Labute approximate surface area is 140 Å². The third-order valence-electron chi connectivity index (χ3n) is 4.27. The SMILES string of the molecule is C[C@@H](NC(=O)c1ccc2c(c1)OCO2)c1cccc2ccccc12. The molecule has 0 fully saturated rings. The monoisotopic (exact) mass is 319 g/mol. The number of hydrogen-bond acceptors (Lipinski definition) is 3. The van der Waals surface area contributed by atoms with Gasteiger partial charge in [-0.05, 0) is 41.5 Å². The van der Waals surface area contributed by atoms with Gasteiger partial charge in [0.05, 0.1) is 6.04 Å². The molecule has 120 valence electrons. The van der Waals surface area contributed by atoms with Gasteiger partial charge in [0.1, 0.15) is 0 Å². The van der Waals surface area contributed by atoms with E-state index in [0.29, 0.717) is 17.1 Å². The molecule has 24 heavy (non-hydrogen) atoms. The van der Waals surface area contributed by atoms with Gasteiger partial charge in [0.15, 0.2) is 11.5 Å². The zero-order chi connectivity index (χ0) is 16.5. The van der Waals surface area contributed by atoms with Gasteiger partial charge < -0.3 is 14.8 Å². The minimum atomic E-state index is -0.131. The van der Waals surface area contributed by atoms with E-state index in [0.717, 1.165) is 10.9 Å². The van der Waals surface area contributed by atoms with Gasteiger partial charge in [-0.1, -0.05) is 42.5 Å². The first-order valence-corrected chi connectivity index (χ1v) is 7.90. The zero-order valence-corrected chi connectivity index (χ0v) is 13.3. The molecule has 0 saturated carbocycles. The van der Waals surface area contributed by atoms with E-state index in [9.17, 15) is 4.79 Å². The third kappa shape index (κ3) is 2.56. The van der Waals surface area contributed by atoms with E-state index in [1.165, 1.54) is 5.39 Å². The third-order valence-corrected chi connectivity index (χ3v) is 4.27. The second kappa shape index (κ2) is 5.89. The summed E-state index contributed by atoms with van der Waals surface area (Å²) in [5.41, 5.74) is 1.66. The summed E-state index contributed by atoms with van der Waals surface area (Å²) >= 11 is 0. The molecule has 3 aromatic rings. The lowest BCUT2D eigenvalue weighted by molar-refractivity contribution is 0.0939. The maximum Gasteiger partial charge on any atom is 0.251 e. The molecule has 0 bridgehead atoms. The lowest BCUT2D eigenvalue weighted by Gasteiger charge is -2.17. The smallest absolute Gasteiger partial charge is 0.251 e. The van der Waals surface area contributed by atoms with E-state index in [4.69, 9.17) is 9.47 Å². The molecule has 1 atom stereocenters. The maximum atomic E-state index is 12.6. The van der Waals surface area contributed by atoms with E-state index < -0.39 is 0 Å². The van der Waals surface area contributed by atoms with E-state index in [1.807, 2.05) is 31.2 Å². The van der Waals surface area contributed by atoms with Crippen LogP contribution in [0, 0.1) is 0 Å². The van der Waals surface area contributed by atoms with Crippen molar-refractivity contribution in [2.75, 3.05) is 6.79 Å². The van der Waals surface area contributed by atoms with Gasteiger partial charge in [-0.3, -0.25) is 4.79 Å². The number of fused-ring (bicyclic) bond motifs is 2. The van der Waals surface area contributed by atoms with Crippen LogP contribution in [-0.2, 0) is 0 Å². The van der Waals surface area contributed by atoms with Crippen molar-refractivity contribution < 1.29 is 14.3 Å². The molecule has 4 heteroatoms.